The summed E-state index contributed by atoms with van der Waals surface area (Å²) in [7, 11) is 0. The number of hydrogen-bond donors (Lipinski definition) is 3. The topological polar surface area (TPSA) is 148 Å². The second kappa shape index (κ2) is 13.5. The fraction of sp³-hybridized carbons (Fsp3) is 0.500. The number of amides is 2. The van der Waals surface area contributed by atoms with Gasteiger partial charge in [0.1, 0.15) is 24.2 Å². The van der Waals surface area contributed by atoms with Crippen LogP contribution in [0.4, 0.5) is 0 Å². The Labute approximate surface area is 210 Å². The lowest BCUT2D eigenvalue weighted by Crippen LogP contribution is -2.42. The molecule has 10 heteroatoms. The second-order valence-electron chi connectivity index (χ2n) is 9.23. The Balaban J connectivity index is 2.25. The fourth-order valence-electron chi connectivity index (χ4n) is 3.62. The summed E-state index contributed by atoms with van der Waals surface area (Å²) in [5.41, 5.74) is 0.637. The van der Waals surface area contributed by atoms with Crippen molar-refractivity contribution in [3.8, 4) is 0 Å². The first kappa shape index (κ1) is 28.7. The number of allylic oxidation sites excluding steroid dienone is 2. The van der Waals surface area contributed by atoms with Crippen molar-refractivity contribution in [2.45, 2.75) is 65.7 Å². The highest BCUT2D eigenvalue weighted by molar-refractivity contribution is 5.95. The van der Waals surface area contributed by atoms with E-state index in [0.717, 1.165) is 11.8 Å². The molecular formula is C26H35N3O7. The number of hydrogen-bond acceptors (Lipinski definition) is 8. The number of carbonyl (C=O) groups is 4. The van der Waals surface area contributed by atoms with Gasteiger partial charge in [-0.3, -0.25) is 14.4 Å². The van der Waals surface area contributed by atoms with Crippen LogP contribution in [0, 0.1) is 11.8 Å². The maximum atomic E-state index is 12.7. The SMILES string of the molecule is CC1=C[C@@H](O)CC(=O)Cc2nc(co2)C(=O)N[C@H](C)C(=O)O[C@H](C(C)C)[C@H](C)/C=C/C(=O)NCC=C1. The number of fused-ring (bicyclic) bond motifs is 2. The molecule has 0 aromatic carbocycles. The van der Waals surface area contributed by atoms with E-state index < -0.39 is 30.1 Å². The van der Waals surface area contributed by atoms with Gasteiger partial charge in [0.2, 0.25) is 11.8 Å². The van der Waals surface area contributed by atoms with Gasteiger partial charge in [-0.25, -0.2) is 9.78 Å². The van der Waals surface area contributed by atoms with Crippen LogP contribution in [0.1, 0.15) is 57.4 Å². The summed E-state index contributed by atoms with van der Waals surface area (Å²) in [6.07, 6.45) is 7.27. The van der Waals surface area contributed by atoms with Gasteiger partial charge < -0.3 is 24.9 Å². The number of nitrogens with one attached hydrogen (secondary N) is 2. The zero-order chi connectivity index (χ0) is 26.8. The minimum absolute atomic E-state index is 0.0304. The van der Waals surface area contributed by atoms with Crippen LogP contribution in [0.3, 0.4) is 0 Å². The maximum Gasteiger partial charge on any atom is 0.328 e. The van der Waals surface area contributed by atoms with Crippen molar-refractivity contribution in [3.63, 3.8) is 0 Å². The quantitative estimate of drug-likeness (QED) is 0.495. The maximum absolute atomic E-state index is 12.7. The highest BCUT2D eigenvalue weighted by atomic mass is 16.5. The van der Waals surface area contributed by atoms with E-state index in [0.29, 0.717) is 0 Å². The molecule has 1 aromatic heterocycles. The Morgan fingerprint density at radius 2 is 1.86 bits per heavy atom. The van der Waals surface area contributed by atoms with Crippen LogP contribution in [-0.4, -0.2) is 58.5 Å². The fourth-order valence-corrected chi connectivity index (χ4v) is 3.62. The summed E-state index contributed by atoms with van der Waals surface area (Å²) < 4.78 is 10.9. The molecule has 0 fully saturated rings. The molecule has 2 amide bonds. The summed E-state index contributed by atoms with van der Waals surface area (Å²) in [4.78, 5) is 53.7. The van der Waals surface area contributed by atoms with Crippen LogP contribution in [-0.2, 0) is 25.5 Å². The molecule has 2 bridgehead atoms. The number of esters is 1. The first-order valence-electron chi connectivity index (χ1n) is 11.9. The molecule has 1 aliphatic rings. The predicted molar refractivity (Wildman–Crippen MR) is 132 cm³/mol. The molecule has 10 nitrogen and oxygen atoms in total. The van der Waals surface area contributed by atoms with Gasteiger partial charge in [-0.2, -0.15) is 0 Å². The molecule has 3 N–H and O–H groups in total. The number of Topliss-reactive ketones (excluding diaryl/α,β-unsaturated/α-hetero) is 1. The van der Waals surface area contributed by atoms with Crippen LogP contribution < -0.4 is 10.6 Å². The first-order chi connectivity index (χ1) is 17.0. The number of nitrogens with zero attached hydrogens (tertiary/aromatic N) is 1. The van der Waals surface area contributed by atoms with E-state index in [-0.39, 0.29) is 54.5 Å². The number of oxazole rings is 1. The predicted octanol–water partition coefficient (Wildman–Crippen LogP) is 2.05. The van der Waals surface area contributed by atoms with Crippen LogP contribution >= 0.6 is 0 Å². The van der Waals surface area contributed by atoms with Crippen LogP contribution in [0.15, 0.2) is 46.6 Å². The van der Waals surface area contributed by atoms with Gasteiger partial charge in [0.25, 0.3) is 5.91 Å². The molecular weight excluding hydrogens is 466 g/mol. The molecule has 2 rings (SSSR count). The van der Waals surface area contributed by atoms with Gasteiger partial charge in [-0.1, -0.05) is 50.6 Å². The lowest BCUT2D eigenvalue weighted by Gasteiger charge is -2.27. The van der Waals surface area contributed by atoms with E-state index in [1.165, 1.54) is 19.1 Å². The van der Waals surface area contributed by atoms with E-state index >= 15 is 0 Å². The third kappa shape index (κ3) is 9.26. The summed E-state index contributed by atoms with van der Waals surface area (Å²) >= 11 is 0. The van der Waals surface area contributed by atoms with Crippen LogP contribution in [0.2, 0.25) is 0 Å². The summed E-state index contributed by atoms with van der Waals surface area (Å²) in [6.45, 7) is 9.15. The van der Waals surface area contributed by atoms with E-state index in [1.807, 2.05) is 20.8 Å². The minimum atomic E-state index is -1.01. The standard InChI is InChI=1S/C26H35N3O7/c1-15(2)24-17(4)8-9-22(32)27-10-6-7-16(3)11-19(30)12-20(31)13-23-29-21(14-35-23)25(33)28-18(5)26(34)36-24/h6-9,11,14-15,17-19,24,30H,10,12-13H2,1-5H3,(H,27,32)(H,28,33)/b7-6?,9-8+,16-11?/t17-,18-,19-,24-/m1/s1. The number of aromatic nitrogens is 1. The number of ketones is 1. The van der Waals surface area contributed by atoms with Crippen molar-refractivity contribution in [1.82, 2.24) is 15.6 Å². The van der Waals surface area contributed by atoms with Gasteiger partial charge in [-0.05, 0) is 25.8 Å². The number of aliphatic hydroxyl groups excluding tert-OH is 1. The van der Waals surface area contributed by atoms with Gasteiger partial charge in [0, 0.05) is 18.9 Å². The van der Waals surface area contributed by atoms with Crippen LogP contribution in [0.25, 0.3) is 0 Å². The number of carbonyl (C=O) groups excluding carboxylic acids is 4. The number of ether oxygens (including phenoxy) is 1. The molecule has 36 heavy (non-hydrogen) atoms. The summed E-state index contributed by atoms with van der Waals surface area (Å²) in [5.74, 6) is -2.20. The third-order valence-electron chi connectivity index (χ3n) is 5.48. The van der Waals surface area contributed by atoms with Crippen molar-refractivity contribution in [1.29, 1.82) is 0 Å². The van der Waals surface area contributed by atoms with E-state index in [4.69, 9.17) is 9.15 Å². The first-order valence-corrected chi connectivity index (χ1v) is 11.9. The second-order valence-corrected chi connectivity index (χ2v) is 9.23. The Bertz CT molecular complexity index is 1040. The van der Waals surface area contributed by atoms with E-state index in [1.54, 1.807) is 25.2 Å². The molecule has 1 aliphatic heterocycles. The van der Waals surface area contributed by atoms with Gasteiger partial charge in [0.05, 0.1) is 12.5 Å². The summed E-state index contributed by atoms with van der Waals surface area (Å²) in [6, 6.07) is -0.974. The zero-order valence-electron chi connectivity index (χ0n) is 21.3. The lowest BCUT2D eigenvalue weighted by molar-refractivity contribution is -0.155. The highest BCUT2D eigenvalue weighted by Crippen LogP contribution is 2.19. The Kier molecular flexibility index (Phi) is 10.8. The largest absolute Gasteiger partial charge is 0.460 e. The molecule has 4 atom stereocenters. The van der Waals surface area contributed by atoms with Gasteiger partial charge in [0.15, 0.2) is 5.69 Å². The normalized spacial score (nSPS) is 26.6. The average molecular weight is 502 g/mol. The van der Waals surface area contributed by atoms with Crippen LogP contribution in [0.5, 0.6) is 0 Å². The molecule has 0 aliphatic carbocycles. The Morgan fingerprint density at radius 3 is 2.56 bits per heavy atom. The minimum Gasteiger partial charge on any atom is -0.460 e. The van der Waals surface area contributed by atoms with Crippen molar-refractivity contribution < 1.29 is 33.4 Å². The van der Waals surface area contributed by atoms with Crippen molar-refractivity contribution >= 4 is 23.6 Å². The monoisotopic (exact) mass is 501 g/mol. The molecule has 0 radical (unpaired) electrons. The van der Waals surface area contributed by atoms with E-state index in [2.05, 4.69) is 15.6 Å². The molecule has 0 saturated heterocycles. The molecule has 1 aromatic rings. The summed E-state index contributed by atoms with van der Waals surface area (Å²) in [5, 5.41) is 15.4. The lowest BCUT2D eigenvalue weighted by atomic mass is 9.94. The third-order valence-corrected chi connectivity index (χ3v) is 5.48. The number of aliphatic hydroxyl groups is 1. The molecule has 0 saturated carbocycles. The Morgan fingerprint density at radius 1 is 1.14 bits per heavy atom. The smallest absolute Gasteiger partial charge is 0.328 e. The zero-order valence-corrected chi connectivity index (χ0v) is 21.3. The molecule has 0 spiro atoms. The van der Waals surface area contributed by atoms with Crippen molar-refractivity contribution in [2.75, 3.05) is 6.54 Å². The van der Waals surface area contributed by atoms with Crippen molar-refractivity contribution in [2.24, 2.45) is 11.8 Å². The van der Waals surface area contributed by atoms with E-state index in [9.17, 15) is 24.3 Å². The Hall–Kier alpha value is -3.53. The van der Waals surface area contributed by atoms with Gasteiger partial charge >= 0.3 is 5.97 Å². The number of cyclic esters (lactones) is 1. The molecule has 196 valence electrons. The highest BCUT2D eigenvalue weighted by Gasteiger charge is 2.28. The van der Waals surface area contributed by atoms with Gasteiger partial charge in [-0.15, -0.1) is 0 Å². The number of rotatable bonds is 1. The molecule has 2 heterocycles. The average Bonchev–Trinajstić information content (AvgIpc) is 3.25. The van der Waals surface area contributed by atoms with Crippen molar-refractivity contribution in [3.05, 3.63) is 53.8 Å². The molecule has 0 unspecified atom stereocenters.